The Morgan fingerprint density at radius 3 is 1.19 bits per heavy atom. The van der Waals surface area contributed by atoms with E-state index in [4.69, 9.17) is 0 Å². The van der Waals surface area contributed by atoms with Gasteiger partial charge >= 0.3 is 0 Å². The normalized spacial score (nSPS) is 12.8. The molecule has 0 spiro atoms. The van der Waals surface area contributed by atoms with Crippen LogP contribution in [0.15, 0.2) is 0 Å². The summed E-state index contributed by atoms with van der Waals surface area (Å²) in [6.45, 7) is 12.1. The van der Waals surface area contributed by atoms with Gasteiger partial charge in [0.2, 0.25) is 0 Å². The van der Waals surface area contributed by atoms with Gasteiger partial charge in [-0.25, -0.2) is 0 Å². The molecule has 0 aromatic heterocycles. The summed E-state index contributed by atoms with van der Waals surface area (Å²) in [5.41, 5.74) is 0. The van der Waals surface area contributed by atoms with Crippen molar-refractivity contribution in [1.82, 2.24) is 4.90 Å². The highest BCUT2D eigenvalue weighted by Gasteiger charge is 2.13. The summed E-state index contributed by atoms with van der Waals surface area (Å²) >= 11 is 0. The second kappa shape index (κ2) is 22.3. The first-order valence-corrected chi connectivity index (χ1v) is 13.0. The van der Waals surface area contributed by atoms with E-state index in [1.807, 2.05) is 0 Å². The molecule has 0 rings (SSSR count). The van der Waals surface area contributed by atoms with E-state index >= 15 is 0 Å². The summed E-state index contributed by atoms with van der Waals surface area (Å²) in [5, 5.41) is 0. The van der Waals surface area contributed by atoms with Gasteiger partial charge in [-0.2, -0.15) is 0 Å². The molecule has 164 valence electrons. The fourth-order valence-electron chi connectivity index (χ4n) is 4.15. The molecule has 0 heterocycles. The molecular weight excluding hydrogens is 326 g/mol. The molecule has 1 nitrogen and oxygen atoms in total. The Kier molecular flexibility index (Phi) is 22.2. The van der Waals surface area contributed by atoms with Gasteiger partial charge in [0.15, 0.2) is 0 Å². The number of hydrogen-bond donors (Lipinski definition) is 0. The lowest BCUT2D eigenvalue weighted by Crippen LogP contribution is -2.35. The molecule has 0 N–H and O–H groups in total. The maximum atomic E-state index is 2.84. The van der Waals surface area contributed by atoms with Crippen molar-refractivity contribution < 1.29 is 0 Å². The van der Waals surface area contributed by atoms with Crippen LogP contribution in [0.25, 0.3) is 0 Å². The van der Waals surface area contributed by atoms with Gasteiger partial charge in [0.1, 0.15) is 0 Å². The van der Waals surface area contributed by atoms with Crippen LogP contribution in [0.4, 0.5) is 0 Å². The Morgan fingerprint density at radius 1 is 0.444 bits per heavy atom. The van der Waals surface area contributed by atoms with Gasteiger partial charge in [0.25, 0.3) is 0 Å². The molecule has 0 aliphatic heterocycles. The maximum Gasteiger partial charge on any atom is 0.00669 e. The molecule has 1 atom stereocenters. The Hall–Kier alpha value is -0.0400. The molecule has 0 aromatic rings. The van der Waals surface area contributed by atoms with Crippen LogP contribution in [0.2, 0.25) is 0 Å². The first-order valence-electron chi connectivity index (χ1n) is 13.0. The lowest BCUT2D eigenvalue weighted by atomic mass is 10.0. The number of unbranched alkanes of at least 4 members (excludes halogenated alkanes) is 15. The zero-order valence-corrected chi connectivity index (χ0v) is 19.9. The van der Waals surface area contributed by atoms with Gasteiger partial charge in [0.05, 0.1) is 0 Å². The Morgan fingerprint density at radius 2 is 0.778 bits per heavy atom. The van der Waals surface area contributed by atoms with Crippen LogP contribution in [0, 0.1) is 0 Å². The average Bonchev–Trinajstić information content (AvgIpc) is 2.68. The third kappa shape index (κ3) is 19.1. The van der Waals surface area contributed by atoms with Crippen LogP contribution in [0.3, 0.4) is 0 Å². The van der Waals surface area contributed by atoms with Gasteiger partial charge in [-0.15, -0.1) is 0 Å². The predicted molar refractivity (Wildman–Crippen MR) is 126 cm³/mol. The summed E-state index contributed by atoms with van der Waals surface area (Å²) in [6.07, 6.45) is 27.1. The van der Waals surface area contributed by atoms with Crippen LogP contribution < -0.4 is 0 Å². The van der Waals surface area contributed by atoms with Crippen molar-refractivity contribution in [2.24, 2.45) is 0 Å². The van der Waals surface area contributed by atoms with Crippen LogP contribution in [-0.2, 0) is 0 Å². The summed E-state index contributed by atoms with van der Waals surface area (Å²) < 4.78 is 0. The van der Waals surface area contributed by atoms with Crippen molar-refractivity contribution in [3.8, 4) is 0 Å². The minimum atomic E-state index is 0.794. The van der Waals surface area contributed by atoms with Gasteiger partial charge in [-0.1, -0.05) is 124 Å². The number of hydrogen-bond acceptors (Lipinski definition) is 1. The van der Waals surface area contributed by atoms with E-state index in [0.717, 1.165) is 6.04 Å². The van der Waals surface area contributed by atoms with Crippen LogP contribution in [-0.4, -0.2) is 24.0 Å². The van der Waals surface area contributed by atoms with Gasteiger partial charge in [0, 0.05) is 6.04 Å². The zero-order valence-electron chi connectivity index (χ0n) is 19.9. The van der Waals surface area contributed by atoms with E-state index in [1.54, 1.807) is 0 Å². The third-order valence-electron chi connectivity index (χ3n) is 6.20. The lowest BCUT2D eigenvalue weighted by Gasteiger charge is -2.29. The average molecular weight is 382 g/mol. The molecule has 0 saturated carbocycles. The fourth-order valence-corrected chi connectivity index (χ4v) is 4.15. The molecule has 1 unspecified atom stereocenters. The highest BCUT2D eigenvalue weighted by Crippen LogP contribution is 2.15. The minimum absolute atomic E-state index is 0.794. The van der Waals surface area contributed by atoms with E-state index in [9.17, 15) is 0 Å². The largest absolute Gasteiger partial charge is 0.301 e. The van der Waals surface area contributed by atoms with E-state index < -0.39 is 0 Å². The zero-order chi connectivity index (χ0) is 20.0. The molecule has 0 fully saturated rings. The summed E-state index contributed by atoms with van der Waals surface area (Å²) in [4.78, 5) is 2.84. The summed E-state index contributed by atoms with van der Waals surface area (Å²) in [5.74, 6) is 0. The molecule has 0 amide bonds. The molecule has 0 aliphatic carbocycles. The van der Waals surface area contributed by atoms with Gasteiger partial charge < -0.3 is 4.90 Å². The first-order chi connectivity index (χ1) is 13.3. The van der Waals surface area contributed by atoms with Crippen molar-refractivity contribution >= 4 is 0 Å². The standard InChI is InChI=1S/C26H55N/c1-5-8-11-14-17-20-23-26(4)27(24-21-18-15-12-9-6-2)25-22-19-16-13-10-7-3/h26H,5-25H2,1-4H3. The van der Waals surface area contributed by atoms with Gasteiger partial charge in [-0.3, -0.25) is 0 Å². The predicted octanol–water partition coefficient (Wildman–Crippen LogP) is 9.15. The van der Waals surface area contributed by atoms with Crippen LogP contribution in [0.5, 0.6) is 0 Å². The monoisotopic (exact) mass is 381 g/mol. The summed E-state index contributed by atoms with van der Waals surface area (Å²) in [7, 11) is 0. The van der Waals surface area contributed by atoms with Crippen LogP contribution >= 0.6 is 0 Å². The van der Waals surface area contributed by atoms with Crippen molar-refractivity contribution in [1.29, 1.82) is 0 Å². The molecule has 0 bridgehead atoms. The first kappa shape index (κ1) is 27.0. The SMILES string of the molecule is CCCCCCCCC(C)N(CCCCCCCC)CCCCCCCC. The van der Waals surface area contributed by atoms with Gasteiger partial charge in [-0.05, 0) is 39.3 Å². The summed E-state index contributed by atoms with van der Waals surface area (Å²) in [6, 6.07) is 0.794. The topological polar surface area (TPSA) is 3.24 Å². The lowest BCUT2D eigenvalue weighted by molar-refractivity contribution is 0.187. The molecule has 0 radical (unpaired) electrons. The second-order valence-electron chi connectivity index (χ2n) is 8.98. The second-order valence-corrected chi connectivity index (χ2v) is 8.98. The fraction of sp³-hybridized carbons (Fsp3) is 1.00. The van der Waals surface area contributed by atoms with E-state index in [2.05, 4.69) is 32.6 Å². The van der Waals surface area contributed by atoms with E-state index in [0.29, 0.717) is 0 Å². The van der Waals surface area contributed by atoms with Crippen molar-refractivity contribution in [2.75, 3.05) is 13.1 Å². The Balaban J connectivity index is 4.00. The minimum Gasteiger partial charge on any atom is -0.301 e. The number of rotatable bonds is 22. The van der Waals surface area contributed by atoms with Crippen molar-refractivity contribution in [3.05, 3.63) is 0 Å². The Bertz CT molecular complexity index is 247. The quantitative estimate of drug-likeness (QED) is 0.169. The highest BCUT2D eigenvalue weighted by atomic mass is 15.1. The maximum absolute atomic E-state index is 2.84. The highest BCUT2D eigenvalue weighted by molar-refractivity contribution is 4.68. The smallest absolute Gasteiger partial charge is 0.00669 e. The molecule has 0 aliphatic rings. The van der Waals surface area contributed by atoms with Crippen molar-refractivity contribution in [2.45, 2.75) is 156 Å². The van der Waals surface area contributed by atoms with E-state index in [1.165, 1.54) is 135 Å². The molecule has 0 saturated heterocycles. The molecular formula is C26H55N. The van der Waals surface area contributed by atoms with E-state index in [-0.39, 0.29) is 0 Å². The molecule has 27 heavy (non-hydrogen) atoms. The Labute approximate surface area is 174 Å². The molecule has 0 aromatic carbocycles. The number of nitrogens with zero attached hydrogens (tertiary/aromatic N) is 1. The van der Waals surface area contributed by atoms with Crippen LogP contribution in [0.1, 0.15) is 150 Å². The molecule has 1 heteroatoms. The third-order valence-corrected chi connectivity index (χ3v) is 6.20. The van der Waals surface area contributed by atoms with Crippen molar-refractivity contribution in [3.63, 3.8) is 0 Å².